The Morgan fingerprint density at radius 2 is 2.44 bits per heavy atom. The quantitative estimate of drug-likeness (QED) is 0.407. The van der Waals surface area contributed by atoms with Gasteiger partial charge in [0.05, 0.1) is 6.61 Å². The summed E-state index contributed by atoms with van der Waals surface area (Å²) in [7, 11) is 0. The van der Waals surface area contributed by atoms with Crippen LogP contribution in [0.1, 0.15) is 13.8 Å². The van der Waals surface area contributed by atoms with Gasteiger partial charge in [0.15, 0.2) is 0 Å². The monoisotopic (exact) mass is 127 g/mol. The van der Waals surface area contributed by atoms with Gasteiger partial charge >= 0.3 is 12.0 Å². The minimum Gasteiger partial charge on any atom is -0.460 e. The fraction of sp³-hybridized carbons (Fsp3) is 0.667. The second kappa shape index (κ2) is 3.90. The van der Waals surface area contributed by atoms with E-state index >= 15 is 0 Å². The molecule has 50 valence electrons. The first-order valence-electron chi connectivity index (χ1n) is 2.75. The van der Waals surface area contributed by atoms with Crippen LogP contribution in [0.15, 0.2) is 0 Å². The van der Waals surface area contributed by atoms with Gasteiger partial charge in [-0.1, -0.05) is 0 Å². The molecule has 0 aliphatic rings. The summed E-state index contributed by atoms with van der Waals surface area (Å²) in [6, 6.07) is -0.648. The van der Waals surface area contributed by atoms with E-state index in [1.807, 2.05) is 0 Å². The normalized spacial score (nSPS) is 11.7. The van der Waals surface area contributed by atoms with E-state index < -0.39 is 12.0 Å². The summed E-state index contributed by atoms with van der Waals surface area (Å²) in [6.07, 6.45) is 0. The van der Waals surface area contributed by atoms with Gasteiger partial charge in [0.25, 0.3) is 0 Å². The van der Waals surface area contributed by atoms with Crippen molar-refractivity contribution in [3.05, 3.63) is 11.4 Å². The Bertz CT molecular complexity index is 136. The topological polar surface area (TPSA) is 30.7 Å². The largest absolute Gasteiger partial charge is 0.460 e. The minimum absolute atomic E-state index is 0.346. The zero-order valence-electron chi connectivity index (χ0n) is 5.55. The van der Waals surface area contributed by atoms with Crippen molar-refractivity contribution in [3.63, 3.8) is 0 Å². The van der Waals surface area contributed by atoms with E-state index in [0.29, 0.717) is 6.61 Å². The van der Waals surface area contributed by atoms with Crippen molar-refractivity contribution in [1.29, 1.82) is 0 Å². The molecular weight excluding hydrogens is 118 g/mol. The highest BCUT2D eigenvalue weighted by atomic mass is 16.5. The Labute approximate surface area is 54.4 Å². The maximum atomic E-state index is 10.5. The molecule has 0 unspecified atom stereocenters. The Hall–Kier alpha value is -1.04. The smallest absolute Gasteiger partial charge is 0.389 e. The average molecular weight is 127 g/mol. The molecule has 0 rings (SSSR count). The van der Waals surface area contributed by atoms with Crippen LogP contribution in [-0.2, 0) is 9.53 Å². The molecule has 0 bridgehead atoms. The predicted molar refractivity (Wildman–Crippen MR) is 32.7 cm³/mol. The molecule has 0 spiro atoms. The van der Waals surface area contributed by atoms with Crippen molar-refractivity contribution >= 4 is 5.97 Å². The fourth-order valence-corrected chi connectivity index (χ4v) is 0.316. The molecule has 0 aliphatic heterocycles. The summed E-state index contributed by atoms with van der Waals surface area (Å²) in [6.45, 7) is 10.0. The van der Waals surface area contributed by atoms with Crippen LogP contribution < -0.4 is 0 Å². The molecule has 0 heterocycles. The lowest BCUT2D eigenvalue weighted by Gasteiger charge is -1.97. The van der Waals surface area contributed by atoms with E-state index in [4.69, 9.17) is 6.57 Å². The number of carbonyl (C=O) groups is 1. The second-order valence-corrected chi connectivity index (χ2v) is 1.56. The molecule has 1 atom stereocenters. The minimum atomic E-state index is -0.648. The van der Waals surface area contributed by atoms with Crippen LogP contribution in [0.2, 0.25) is 0 Å². The lowest BCUT2D eigenvalue weighted by molar-refractivity contribution is -0.143. The Morgan fingerprint density at radius 3 is 2.78 bits per heavy atom. The van der Waals surface area contributed by atoms with E-state index in [0.717, 1.165) is 0 Å². The van der Waals surface area contributed by atoms with Gasteiger partial charge in [-0.25, -0.2) is 11.4 Å². The zero-order chi connectivity index (χ0) is 7.28. The highest BCUT2D eigenvalue weighted by Crippen LogP contribution is 1.91. The van der Waals surface area contributed by atoms with Crippen LogP contribution in [0.5, 0.6) is 0 Å². The molecule has 3 nitrogen and oxygen atoms in total. The van der Waals surface area contributed by atoms with E-state index in [1.165, 1.54) is 6.92 Å². The Kier molecular flexibility index (Phi) is 3.45. The van der Waals surface area contributed by atoms with Crippen LogP contribution in [0.25, 0.3) is 4.85 Å². The highest BCUT2D eigenvalue weighted by Gasteiger charge is 2.16. The van der Waals surface area contributed by atoms with Crippen molar-refractivity contribution in [2.75, 3.05) is 6.61 Å². The number of ether oxygens (including phenoxy) is 1. The molecule has 0 amide bonds. The average Bonchev–Trinajstić information content (AvgIpc) is 1.87. The Morgan fingerprint density at radius 1 is 1.89 bits per heavy atom. The molecule has 0 saturated heterocycles. The first kappa shape index (κ1) is 7.96. The van der Waals surface area contributed by atoms with Gasteiger partial charge in [-0.15, -0.1) is 0 Å². The lowest BCUT2D eigenvalue weighted by atomic mass is 10.4. The third-order valence-electron chi connectivity index (χ3n) is 0.821. The van der Waals surface area contributed by atoms with Crippen molar-refractivity contribution in [2.45, 2.75) is 19.9 Å². The van der Waals surface area contributed by atoms with Crippen molar-refractivity contribution in [3.8, 4) is 0 Å². The highest BCUT2D eigenvalue weighted by molar-refractivity contribution is 5.76. The molecule has 0 fully saturated rings. The summed E-state index contributed by atoms with van der Waals surface area (Å²) in [5.41, 5.74) is 0. The van der Waals surface area contributed by atoms with Gasteiger partial charge in [0.2, 0.25) is 0 Å². The number of esters is 1. The molecule has 0 saturated carbocycles. The van der Waals surface area contributed by atoms with Crippen LogP contribution in [0.4, 0.5) is 0 Å². The van der Waals surface area contributed by atoms with E-state index in [2.05, 4.69) is 9.58 Å². The fourth-order valence-electron chi connectivity index (χ4n) is 0.316. The standard InChI is InChI=1S/C6H9NO2/c1-4-9-6(8)5(2)7-3/h5H,4H2,1-2H3/t5-/m1/s1. The molecular formula is C6H9NO2. The van der Waals surface area contributed by atoms with Gasteiger partial charge in [-0.3, -0.25) is 0 Å². The van der Waals surface area contributed by atoms with Gasteiger partial charge < -0.3 is 9.58 Å². The van der Waals surface area contributed by atoms with Crippen molar-refractivity contribution in [2.24, 2.45) is 0 Å². The van der Waals surface area contributed by atoms with Crippen molar-refractivity contribution in [1.82, 2.24) is 0 Å². The molecule has 0 aromatic rings. The molecule has 0 aromatic heterocycles. The molecule has 9 heavy (non-hydrogen) atoms. The maximum Gasteiger partial charge on any atom is 0.389 e. The summed E-state index contributed by atoms with van der Waals surface area (Å²) in [5.74, 6) is -0.437. The SMILES string of the molecule is [C-]#[N+][C@H](C)C(=O)OCC. The number of hydrogen-bond acceptors (Lipinski definition) is 2. The third kappa shape index (κ3) is 2.70. The van der Waals surface area contributed by atoms with Gasteiger partial charge in [-0.05, 0) is 6.92 Å². The molecule has 0 aliphatic carbocycles. The van der Waals surface area contributed by atoms with Gasteiger partial charge in [0.1, 0.15) is 0 Å². The van der Waals surface area contributed by atoms with Crippen LogP contribution in [0, 0.1) is 6.57 Å². The van der Waals surface area contributed by atoms with Gasteiger partial charge in [-0.2, -0.15) is 0 Å². The van der Waals surface area contributed by atoms with Crippen LogP contribution >= 0.6 is 0 Å². The number of nitrogens with zero attached hydrogens (tertiary/aromatic N) is 1. The van der Waals surface area contributed by atoms with Crippen molar-refractivity contribution < 1.29 is 9.53 Å². The molecule has 0 aromatic carbocycles. The maximum absolute atomic E-state index is 10.5. The first-order valence-corrected chi connectivity index (χ1v) is 2.75. The molecule has 3 heteroatoms. The predicted octanol–water partition coefficient (Wildman–Crippen LogP) is 0.857. The summed E-state index contributed by atoms with van der Waals surface area (Å²) in [4.78, 5) is 13.5. The third-order valence-corrected chi connectivity index (χ3v) is 0.821. The van der Waals surface area contributed by atoms with E-state index in [9.17, 15) is 4.79 Å². The van der Waals surface area contributed by atoms with E-state index in [1.54, 1.807) is 6.92 Å². The lowest BCUT2D eigenvalue weighted by Crippen LogP contribution is -2.15. The van der Waals surface area contributed by atoms with Crippen LogP contribution in [0.3, 0.4) is 0 Å². The zero-order valence-corrected chi connectivity index (χ0v) is 5.55. The summed E-state index contributed by atoms with van der Waals surface area (Å²) < 4.78 is 4.54. The summed E-state index contributed by atoms with van der Waals surface area (Å²) >= 11 is 0. The van der Waals surface area contributed by atoms with Gasteiger partial charge in [0, 0.05) is 6.92 Å². The second-order valence-electron chi connectivity index (χ2n) is 1.56. The van der Waals surface area contributed by atoms with E-state index in [-0.39, 0.29) is 0 Å². The molecule has 0 N–H and O–H groups in total. The van der Waals surface area contributed by atoms with Crippen LogP contribution in [-0.4, -0.2) is 18.6 Å². The molecule has 0 radical (unpaired) electrons. The Balaban J connectivity index is 3.63. The number of hydrogen-bond donors (Lipinski definition) is 0. The number of carbonyl (C=O) groups excluding carboxylic acids is 1. The summed E-state index contributed by atoms with van der Waals surface area (Å²) in [5, 5.41) is 0. The number of rotatable bonds is 2. The first-order chi connectivity index (χ1) is 4.22.